The molecule has 0 bridgehead atoms. The number of imidazole rings is 1. The Balaban J connectivity index is 2.35. The van der Waals surface area contributed by atoms with Gasteiger partial charge in [-0.3, -0.25) is 0 Å². The Morgan fingerprint density at radius 1 is 1.67 bits per heavy atom. The second kappa shape index (κ2) is 4.03. The SMILES string of the molecule is Cn1cnc([N+](=O)[O-])c1Sc1cccs1. The Bertz CT molecular complexity index is 478. The molecule has 0 aliphatic heterocycles. The maximum absolute atomic E-state index is 10.7. The third kappa shape index (κ3) is 2.02. The van der Waals surface area contributed by atoms with E-state index in [1.165, 1.54) is 18.1 Å². The summed E-state index contributed by atoms with van der Waals surface area (Å²) in [4.78, 5) is 14.0. The van der Waals surface area contributed by atoms with Crippen LogP contribution in [0.2, 0.25) is 0 Å². The maximum atomic E-state index is 10.7. The Morgan fingerprint density at radius 3 is 3.07 bits per heavy atom. The van der Waals surface area contributed by atoms with Crippen LogP contribution in [0.5, 0.6) is 0 Å². The highest BCUT2D eigenvalue weighted by molar-refractivity contribution is 8.01. The molecular weight excluding hydrogens is 234 g/mol. The summed E-state index contributed by atoms with van der Waals surface area (Å²) in [5, 5.41) is 13.2. The summed E-state index contributed by atoms with van der Waals surface area (Å²) in [5.41, 5.74) is 0. The number of hydrogen-bond acceptors (Lipinski definition) is 5. The molecule has 2 rings (SSSR count). The zero-order valence-electron chi connectivity index (χ0n) is 7.78. The molecule has 7 heteroatoms. The largest absolute Gasteiger partial charge is 0.396 e. The van der Waals surface area contributed by atoms with Crippen LogP contribution < -0.4 is 0 Å². The molecule has 0 amide bonds. The molecule has 0 aliphatic rings. The number of nitro groups is 1. The second-order valence-corrected chi connectivity index (χ2v) is 5.01. The third-order valence-electron chi connectivity index (χ3n) is 1.73. The van der Waals surface area contributed by atoms with Crippen molar-refractivity contribution in [2.75, 3.05) is 0 Å². The van der Waals surface area contributed by atoms with Gasteiger partial charge in [-0.1, -0.05) is 17.8 Å². The smallest absolute Gasteiger partial charge is 0.358 e. The van der Waals surface area contributed by atoms with Crippen molar-refractivity contribution < 1.29 is 4.92 Å². The molecule has 0 radical (unpaired) electrons. The molecule has 0 atom stereocenters. The van der Waals surface area contributed by atoms with E-state index in [1.54, 1.807) is 23.0 Å². The molecule has 2 aromatic heterocycles. The number of thiophene rings is 1. The first-order valence-corrected chi connectivity index (χ1v) is 5.75. The number of aromatic nitrogens is 2. The predicted octanol–water partition coefficient (Wildman–Crippen LogP) is 2.54. The Labute approximate surface area is 93.9 Å². The van der Waals surface area contributed by atoms with Gasteiger partial charge in [0.05, 0.1) is 4.21 Å². The molecule has 0 N–H and O–H groups in total. The van der Waals surface area contributed by atoms with Crippen LogP contribution in [0.1, 0.15) is 0 Å². The highest BCUT2D eigenvalue weighted by Gasteiger charge is 2.21. The van der Waals surface area contributed by atoms with E-state index in [0.717, 1.165) is 4.21 Å². The zero-order valence-corrected chi connectivity index (χ0v) is 9.42. The van der Waals surface area contributed by atoms with Crippen LogP contribution in [0.25, 0.3) is 0 Å². The molecule has 15 heavy (non-hydrogen) atoms. The fraction of sp³-hybridized carbons (Fsp3) is 0.125. The molecule has 0 saturated heterocycles. The minimum Gasteiger partial charge on any atom is -0.358 e. The fourth-order valence-corrected chi connectivity index (χ4v) is 2.86. The van der Waals surface area contributed by atoms with E-state index >= 15 is 0 Å². The van der Waals surface area contributed by atoms with Gasteiger partial charge in [-0.2, -0.15) is 0 Å². The summed E-state index contributed by atoms with van der Waals surface area (Å²) < 4.78 is 2.67. The summed E-state index contributed by atoms with van der Waals surface area (Å²) >= 11 is 2.91. The van der Waals surface area contributed by atoms with Gasteiger partial charge in [0.1, 0.15) is 0 Å². The van der Waals surface area contributed by atoms with Gasteiger partial charge in [0.15, 0.2) is 5.03 Å². The zero-order chi connectivity index (χ0) is 10.8. The molecule has 0 unspecified atom stereocenters. The van der Waals surface area contributed by atoms with Gasteiger partial charge < -0.3 is 14.7 Å². The monoisotopic (exact) mass is 241 g/mol. The van der Waals surface area contributed by atoms with Crippen molar-refractivity contribution in [3.8, 4) is 0 Å². The fourth-order valence-electron chi connectivity index (χ4n) is 1.07. The van der Waals surface area contributed by atoms with Crippen LogP contribution in [-0.2, 0) is 7.05 Å². The molecule has 0 aromatic carbocycles. The van der Waals surface area contributed by atoms with Crippen LogP contribution in [0.3, 0.4) is 0 Å². The number of rotatable bonds is 3. The van der Waals surface area contributed by atoms with E-state index < -0.39 is 4.92 Å². The molecule has 2 heterocycles. The van der Waals surface area contributed by atoms with Crippen LogP contribution in [0.4, 0.5) is 5.82 Å². The summed E-state index contributed by atoms with van der Waals surface area (Å²) in [6, 6.07) is 3.83. The third-order valence-corrected chi connectivity index (χ3v) is 3.93. The molecule has 78 valence electrons. The van der Waals surface area contributed by atoms with Gasteiger partial charge in [0, 0.05) is 7.05 Å². The normalized spacial score (nSPS) is 10.5. The van der Waals surface area contributed by atoms with E-state index in [-0.39, 0.29) is 5.82 Å². The molecule has 2 aromatic rings. The lowest BCUT2D eigenvalue weighted by Gasteiger charge is -1.98. The molecule has 0 fully saturated rings. The lowest BCUT2D eigenvalue weighted by atomic mass is 10.7. The summed E-state index contributed by atoms with van der Waals surface area (Å²) in [6.45, 7) is 0. The second-order valence-electron chi connectivity index (χ2n) is 2.78. The van der Waals surface area contributed by atoms with E-state index in [4.69, 9.17) is 0 Å². The van der Waals surface area contributed by atoms with Gasteiger partial charge in [0.2, 0.25) is 6.33 Å². The Hall–Kier alpha value is -1.34. The van der Waals surface area contributed by atoms with Gasteiger partial charge in [-0.25, -0.2) is 0 Å². The van der Waals surface area contributed by atoms with Crippen molar-refractivity contribution in [1.29, 1.82) is 0 Å². The minimum atomic E-state index is -0.462. The standard InChI is InChI=1S/C8H7N3O2S2/c1-10-5-9-7(11(12)13)8(10)15-6-3-2-4-14-6/h2-5H,1H3. The summed E-state index contributed by atoms with van der Waals surface area (Å²) in [6.07, 6.45) is 1.45. The molecule has 5 nitrogen and oxygen atoms in total. The Morgan fingerprint density at radius 2 is 2.47 bits per heavy atom. The summed E-state index contributed by atoms with van der Waals surface area (Å²) in [5.74, 6) is -0.0871. The minimum absolute atomic E-state index is 0.0871. The highest BCUT2D eigenvalue weighted by Crippen LogP contribution is 2.35. The van der Waals surface area contributed by atoms with Crippen molar-refractivity contribution in [3.05, 3.63) is 34.0 Å². The maximum Gasteiger partial charge on any atom is 0.396 e. The average Bonchev–Trinajstić information content (AvgIpc) is 2.78. The lowest BCUT2D eigenvalue weighted by molar-refractivity contribution is -0.392. The van der Waals surface area contributed by atoms with Crippen molar-refractivity contribution in [2.45, 2.75) is 9.24 Å². The first-order valence-electron chi connectivity index (χ1n) is 4.05. The molecule has 0 saturated carbocycles. The Kier molecular flexibility index (Phi) is 2.74. The van der Waals surface area contributed by atoms with Gasteiger partial charge in [-0.15, -0.1) is 11.3 Å². The van der Waals surface area contributed by atoms with Crippen molar-refractivity contribution in [3.63, 3.8) is 0 Å². The molecular formula is C8H7N3O2S2. The van der Waals surface area contributed by atoms with E-state index in [0.29, 0.717) is 5.03 Å². The van der Waals surface area contributed by atoms with Crippen molar-refractivity contribution in [2.24, 2.45) is 7.05 Å². The van der Waals surface area contributed by atoms with Crippen LogP contribution in [0.15, 0.2) is 33.1 Å². The predicted molar refractivity (Wildman–Crippen MR) is 58.3 cm³/mol. The first kappa shape index (κ1) is 10.2. The first-order chi connectivity index (χ1) is 7.18. The van der Waals surface area contributed by atoms with E-state index in [1.807, 2.05) is 17.5 Å². The average molecular weight is 241 g/mol. The van der Waals surface area contributed by atoms with E-state index in [2.05, 4.69) is 4.98 Å². The topological polar surface area (TPSA) is 61.0 Å². The number of hydrogen-bond donors (Lipinski definition) is 0. The molecule has 0 aliphatic carbocycles. The summed E-state index contributed by atoms with van der Waals surface area (Å²) in [7, 11) is 1.75. The van der Waals surface area contributed by atoms with Gasteiger partial charge >= 0.3 is 5.82 Å². The van der Waals surface area contributed by atoms with Crippen molar-refractivity contribution >= 4 is 28.9 Å². The number of nitrogens with zero attached hydrogens (tertiary/aromatic N) is 3. The quantitative estimate of drug-likeness (QED) is 0.612. The molecule has 0 spiro atoms. The van der Waals surface area contributed by atoms with Gasteiger partial charge in [-0.05, 0) is 21.4 Å². The van der Waals surface area contributed by atoms with Crippen LogP contribution in [0, 0.1) is 10.1 Å². The van der Waals surface area contributed by atoms with Crippen LogP contribution in [-0.4, -0.2) is 14.5 Å². The lowest BCUT2D eigenvalue weighted by Crippen LogP contribution is -1.92. The van der Waals surface area contributed by atoms with Crippen molar-refractivity contribution in [1.82, 2.24) is 9.55 Å². The van der Waals surface area contributed by atoms with Gasteiger partial charge in [0.25, 0.3) is 0 Å². The van der Waals surface area contributed by atoms with E-state index in [9.17, 15) is 10.1 Å². The number of aryl methyl sites for hydroxylation is 1. The highest BCUT2D eigenvalue weighted by atomic mass is 32.2. The van der Waals surface area contributed by atoms with Crippen LogP contribution >= 0.6 is 23.1 Å².